The molecule has 3 aromatic rings. The summed E-state index contributed by atoms with van der Waals surface area (Å²) in [5.41, 5.74) is 2.68. The number of halogens is 2. The summed E-state index contributed by atoms with van der Waals surface area (Å²) in [4.78, 5) is 12.6. The molecule has 0 unspecified atom stereocenters. The van der Waals surface area contributed by atoms with Crippen LogP contribution in [0.5, 0.6) is 5.75 Å². The van der Waals surface area contributed by atoms with Gasteiger partial charge in [0, 0.05) is 24.7 Å². The van der Waals surface area contributed by atoms with Gasteiger partial charge in [0.05, 0.1) is 5.69 Å². The molecule has 1 N–H and O–H groups in total. The molecule has 0 aliphatic carbocycles. The van der Waals surface area contributed by atoms with Crippen molar-refractivity contribution in [1.29, 1.82) is 0 Å². The largest absolute Gasteiger partial charge is 0.488 e. The maximum absolute atomic E-state index is 13.6. The number of ether oxygens (including phenoxy) is 1. The number of benzene rings is 2. The lowest BCUT2D eigenvalue weighted by molar-refractivity contribution is 0.0942. The number of hydrogen-bond donors (Lipinski definition) is 1. The Balaban J connectivity index is 1.63. The number of aryl methyl sites for hydroxylation is 1. The average Bonchev–Trinajstić information content (AvgIpc) is 2.97. The Morgan fingerprint density at radius 2 is 2.04 bits per heavy atom. The highest BCUT2D eigenvalue weighted by Crippen LogP contribution is 2.38. The smallest absolute Gasteiger partial charge is 0.272 e. The summed E-state index contributed by atoms with van der Waals surface area (Å²) >= 11 is 0. The molecule has 5 nitrogen and oxygen atoms in total. The Morgan fingerprint density at radius 1 is 1.23 bits per heavy atom. The third-order valence-corrected chi connectivity index (χ3v) is 4.27. The highest BCUT2D eigenvalue weighted by molar-refractivity contribution is 5.96. The summed E-state index contributed by atoms with van der Waals surface area (Å²) in [5, 5.41) is 7.01. The van der Waals surface area contributed by atoms with Gasteiger partial charge in [0.15, 0.2) is 5.69 Å². The Labute approximate surface area is 148 Å². The van der Waals surface area contributed by atoms with Crippen molar-refractivity contribution in [2.24, 2.45) is 7.05 Å². The number of amides is 1. The Bertz CT molecular complexity index is 1010. The maximum atomic E-state index is 13.6. The van der Waals surface area contributed by atoms with Crippen molar-refractivity contribution in [2.45, 2.75) is 13.2 Å². The van der Waals surface area contributed by atoms with Crippen LogP contribution < -0.4 is 10.1 Å². The monoisotopic (exact) mass is 355 g/mol. The van der Waals surface area contributed by atoms with Crippen molar-refractivity contribution >= 4 is 5.91 Å². The molecule has 1 aliphatic heterocycles. The topological polar surface area (TPSA) is 56.2 Å². The van der Waals surface area contributed by atoms with Gasteiger partial charge in [-0.15, -0.1) is 0 Å². The first kappa shape index (κ1) is 16.3. The van der Waals surface area contributed by atoms with E-state index in [1.54, 1.807) is 29.9 Å². The normalized spacial score (nSPS) is 12.1. The van der Waals surface area contributed by atoms with Crippen molar-refractivity contribution in [3.63, 3.8) is 0 Å². The second-order valence-corrected chi connectivity index (χ2v) is 6.04. The second kappa shape index (κ2) is 6.25. The first-order valence-electron chi connectivity index (χ1n) is 8.04. The summed E-state index contributed by atoms with van der Waals surface area (Å²) in [5.74, 6) is -0.597. The lowest BCUT2D eigenvalue weighted by atomic mass is 10.0. The van der Waals surface area contributed by atoms with Crippen molar-refractivity contribution in [3.05, 3.63) is 70.9 Å². The minimum absolute atomic E-state index is 0.171. The molecular formula is C19H15F2N3O2. The molecule has 1 amide bonds. The van der Waals surface area contributed by atoms with Gasteiger partial charge in [-0.05, 0) is 35.9 Å². The molecule has 0 saturated carbocycles. The van der Waals surface area contributed by atoms with Gasteiger partial charge in [-0.1, -0.05) is 12.1 Å². The molecule has 26 heavy (non-hydrogen) atoms. The van der Waals surface area contributed by atoms with Gasteiger partial charge < -0.3 is 10.1 Å². The Kier molecular flexibility index (Phi) is 3.91. The van der Waals surface area contributed by atoms with Gasteiger partial charge in [-0.25, -0.2) is 8.78 Å². The zero-order valence-corrected chi connectivity index (χ0v) is 13.9. The Hall–Kier alpha value is -3.22. The van der Waals surface area contributed by atoms with Gasteiger partial charge in [0.2, 0.25) is 0 Å². The van der Waals surface area contributed by atoms with E-state index < -0.39 is 11.7 Å². The summed E-state index contributed by atoms with van der Waals surface area (Å²) in [7, 11) is 1.70. The quantitative estimate of drug-likeness (QED) is 0.785. The van der Waals surface area contributed by atoms with E-state index in [2.05, 4.69) is 10.4 Å². The highest BCUT2D eigenvalue weighted by Gasteiger charge is 2.28. The maximum Gasteiger partial charge on any atom is 0.272 e. The van der Waals surface area contributed by atoms with Crippen LogP contribution in [0.15, 0.2) is 42.5 Å². The summed E-state index contributed by atoms with van der Waals surface area (Å²) in [6, 6.07) is 10.3. The van der Waals surface area contributed by atoms with Crippen molar-refractivity contribution < 1.29 is 18.3 Å². The molecule has 0 atom stereocenters. The molecular weight excluding hydrogens is 340 g/mol. The number of aromatic nitrogens is 2. The van der Waals surface area contributed by atoms with E-state index >= 15 is 0 Å². The zero-order chi connectivity index (χ0) is 18.3. The summed E-state index contributed by atoms with van der Waals surface area (Å²) in [6.07, 6.45) is 0. The van der Waals surface area contributed by atoms with Gasteiger partial charge in [0.25, 0.3) is 5.91 Å². The zero-order valence-electron chi connectivity index (χ0n) is 13.9. The van der Waals surface area contributed by atoms with E-state index in [0.29, 0.717) is 28.1 Å². The minimum Gasteiger partial charge on any atom is -0.488 e. The third-order valence-electron chi connectivity index (χ3n) is 4.27. The minimum atomic E-state index is -0.394. The molecule has 2 heterocycles. The molecule has 132 valence electrons. The number of carbonyl (C=O) groups is 1. The van der Waals surface area contributed by atoms with Crippen LogP contribution in [0.1, 0.15) is 21.6 Å². The van der Waals surface area contributed by atoms with E-state index in [0.717, 1.165) is 0 Å². The van der Waals surface area contributed by atoms with Crippen molar-refractivity contribution in [1.82, 2.24) is 15.1 Å². The number of fused-ring (bicyclic) bond motifs is 3. The fourth-order valence-corrected chi connectivity index (χ4v) is 3.10. The van der Waals surface area contributed by atoms with Gasteiger partial charge in [-0.2, -0.15) is 5.10 Å². The molecule has 0 radical (unpaired) electrons. The van der Waals surface area contributed by atoms with Crippen molar-refractivity contribution in [2.75, 3.05) is 0 Å². The van der Waals surface area contributed by atoms with Crippen LogP contribution in [0.4, 0.5) is 8.78 Å². The first-order chi connectivity index (χ1) is 12.5. The molecule has 0 spiro atoms. The van der Waals surface area contributed by atoms with Crippen molar-refractivity contribution in [3.8, 4) is 17.0 Å². The van der Waals surface area contributed by atoms with Crippen LogP contribution in [0.2, 0.25) is 0 Å². The molecule has 0 fully saturated rings. The van der Waals surface area contributed by atoms with E-state index in [1.807, 2.05) is 0 Å². The van der Waals surface area contributed by atoms with Gasteiger partial charge in [0.1, 0.15) is 24.0 Å². The predicted molar refractivity (Wildman–Crippen MR) is 90.5 cm³/mol. The summed E-state index contributed by atoms with van der Waals surface area (Å²) in [6.45, 7) is 0.346. The molecule has 4 rings (SSSR count). The van der Waals surface area contributed by atoms with Crippen LogP contribution in [-0.4, -0.2) is 15.7 Å². The van der Waals surface area contributed by atoms with Crippen LogP contribution in [-0.2, 0) is 20.2 Å². The van der Waals surface area contributed by atoms with Gasteiger partial charge in [-0.3, -0.25) is 9.48 Å². The SMILES string of the molecule is Cn1nc(C(=O)NCc2cccc(F)c2)c2c1-c1cc(F)ccc1OC2. The van der Waals surface area contributed by atoms with E-state index in [1.165, 1.54) is 24.3 Å². The molecule has 2 aromatic carbocycles. The molecule has 0 bridgehead atoms. The standard InChI is InChI=1S/C19H15F2N3O2/c1-24-18-14-8-13(21)5-6-16(14)26-10-15(18)17(23-24)19(25)22-9-11-3-2-4-12(20)7-11/h2-8H,9-10H2,1H3,(H,22,25). The first-order valence-corrected chi connectivity index (χ1v) is 8.04. The number of carbonyl (C=O) groups excluding carboxylic acids is 1. The molecule has 7 heteroatoms. The van der Waals surface area contributed by atoms with Crippen LogP contribution >= 0.6 is 0 Å². The van der Waals surface area contributed by atoms with E-state index in [9.17, 15) is 13.6 Å². The van der Waals surface area contributed by atoms with E-state index in [-0.39, 0.29) is 24.7 Å². The molecule has 1 aromatic heterocycles. The second-order valence-electron chi connectivity index (χ2n) is 6.04. The van der Waals surface area contributed by atoms with Crippen LogP contribution in [0.3, 0.4) is 0 Å². The fourth-order valence-electron chi connectivity index (χ4n) is 3.10. The summed E-state index contributed by atoms with van der Waals surface area (Å²) < 4.78 is 34.1. The number of hydrogen-bond acceptors (Lipinski definition) is 3. The average molecular weight is 355 g/mol. The lowest BCUT2D eigenvalue weighted by Gasteiger charge is -2.18. The number of rotatable bonds is 3. The molecule has 1 aliphatic rings. The third kappa shape index (κ3) is 2.81. The lowest BCUT2D eigenvalue weighted by Crippen LogP contribution is -2.25. The molecule has 0 saturated heterocycles. The number of nitrogens with zero attached hydrogens (tertiary/aromatic N) is 2. The number of nitrogens with one attached hydrogen (secondary N) is 1. The van der Waals surface area contributed by atoms with E-state index in [4.69, 9.17) is 4.74 Å². The van der Waals surface area contributed by atoms with Gasteiger partial charge >= 0.3 is 0 Å². The predicted octanol–water partition coefficient (Wildman–Crippen LogP) is 3.19. The van der Waals surface area contributed by atoms with Crippen LogP contribution in [0.25, 0.3) is 11.3 Å². The van der Waals surface area contributed by atoms with Crippen LogP contribution in [0, 0.1) is 11.6 Å². The Morgan fingerprint density at radius 3 is 2.85 bits per heavy atom. The highest BCUT2D eigenvalue weighted by atomic mass is 19.1. The fraction of sp³-hybridized carbons (Fsp3) is 0.158.